The molecule has 0 atom stereocenters. The van der Waals surface area contributed by atoms with E-state index in [2.05, 4.69) is 20.5 Å². The Balaban J connectivity index is 1.60. The second-order valence-corrected chi connectivity index (χ2v) is 7.51. The van der Waals surface area contributed by atoms with Gasteiger partial charge in [0.05, 0.1) is 23.6 Å². The Morgan fingerprint density at radius 3 is 2.71 bits per heavy atom. The van der Waals surface area contributed by atoms with Crippen LogP contribution in [-0.4, -0.2) is 42.9 Å². The summed E-state index contributed by atoms with van der Waals surface area (Å²) in [6.07, 6.45) is 3.31. The maximum absolute atomic E-state index is 15.3. The van der Waals surface area contributed by atoms with E-state index in [1.165, 1.54) is 17.7 Å². The first-order valence-electron chi connectivity index (χ1n) is 10.5. The second-order valence-electron chi connectivity index (χ2n) is 7.51. The minimum Gasteiger partial charge on any atom is -0.464 e. The molecule has 10 heteroatoms. The van der Waals surface area contributed by atoms with E-state index >= 15 is 4.39 Å². The first-order chi connectivity index (χ1) is 16.5. The number of amides is 1. The summed E-state index contributed by atoms with van der Waals surface area (Å²) in [6.45, 7) is 1.52. The fourth-order valence-corrected chi connectivity index (χ4v) is 3.67. The number of esters is 1. The van der Waals surface area contributed by atoms with Crippen LogP contribution in [0, 0.1) is 5.82 Å². The van der Waals surface area contributed by atoms with Crippen LogP contribution in [0.4, 0.5) is 10.2 Å². The van der Waals surface area contributed by atoms with Crippen molar-refractivity contribution in [2.75, 3.05) is 11.9 Å². The Morgan fingerprint density at radius 2 is 1.91 bits per heavy atom. The summed E-state index contributed by atoms with van der Waals surface area (Å²) in [5.41, 5.74) is 2.08. The van der Waals surface area contributed by atoms with Crippen LogP contribution in [0.15, 0.2) is 67.0 Å². The summed E-state index contributed by atoms with van der Waals surface area (Å²) < 4.78 is 23.4. The SMILES string of the molecule is CC(=O)OCCn1nc(NC(=O)c2ccccc2)c2cc(F)c(-c3cnn4ccccc34)nc21. The zero-order valence-electron chi connectivity index (χ0n) is 18.1. The molecule has 9 nitrogen and oxygen atoms in total. The number of nitrogens with zero attached hydrogens (tertiary/aromatic N) is 5. The lowest BCUT2D eigenvalue weighted by molar-refractivity contribution is -0.141. The van der Waals surface area contributed by atoms with Crippen LogP contribution in [0.25, 0.3) is 27.8 Å². The largest absolute Gasteiger partial charge is 0.464 e. The number of ether oxygens (including phenoxy) is 1. The van der Waals surface area contributed by atoms with Crippen LogP contribution in [0.2, 0.25) is 0 Å². The lowest BCUT2D eigenvalue weighted by atomic mass is 10.1. The van der Waals surface area contributed by atoms with Crippen molar-refractivity contribution in [1.82, 2.24) is 24.4 Å². The molecule has 4 aromatic heterocycles. The monoisotopic (exact) mass is 458 g/mol. The van der Waals surface area contributed by atoms with Gasteiger partial charge >= 0.3 is 5.97 Å². The highest BCUT2D eigenvalue weighted by molar-refractivity contribution is 6.07. The van der Waals surface area contributed by atoms with Crippen molar-refractivity contribution in [3.63, 3.8) is 0 Å². The summed E-state index contributed by atoms with van der Waals surface area (Å²) in [4.78, 5) is 28.4. The number of hydrogen-bond donors (Lipinski definition) is 1. The number of carbonyl (C=O) groups is 2. The number of nitrogens with one attached hydrogen (secondary N) is 1. The summed E-state index contributed by atoms with van der Waals surface area (Å²) in [6, 6.07) is 15.4. The third kappa shape index (κ3) is 3.96. The summed E-state index contributed by atoms with van der Waals surface area (Å²) in [5, 5.41) is 11.7. The van der Waals surface area contributed by atoms with Gasteiger partial charge < -0.3 is 10.1 Å². The van der Waals surface area contributed by atoms with Crippen molar-refractivity contribution in [2.45, 2.75) is 13.5 Å². The van der Waals surface area contributed by atoms with E-state index in [1.807, 2.05) is 18.2 Å². The van der Waals surface area contributed by atoms with Crippen LogP contribution in [0.5, 0.6) is 0 Å². The molecule has 4 heterocycles. The number of pyridine rings is 2. The average Bonchev–Trinajstić information content (AvgIpc) is 3.40. The summed E-state index contributed by atoms with van der Waals surface area (Å²) in [5.74, 6) is -1.25. The van der Waals surface area contributed by atoms with Crippen molar-refractivity contribution in [1.29, 1.82) is 0 Å². The second kappa shape index (κ2) is 8.74. The molecule has 0 radical (unpaired) electrons. The Hall–Kier alpha value is -4.60. The molecule has 0 aliphatic carbocycles. The first-order valence-corrected chi connectivity index (χ1v) is 10.5. The number of carbonyl (C=O) groups excluding carboxylic acids is 2. The number of aromatic nitrogens is 5. The Kier molecular flexibility index (Phi) is 5.46. The van der Waals surface area contributed by atoms with Crippen molar-refractivity contribution in [3.8, 4) is 11.3 Å². The molecular formula is C24H19FN6O3. The molecule has 0 unspecified atom stereocenters. The molecule has 0 spiro atoms. The molecule has 170 valence electrons. The molecule has 5 rings (SSSR count). The van der Waals surface area contributed by atoms with Crippen molar-refractivity contribution in [3.05, 3.63) is 78.4 Å². The van der Waals surface area contributed by atoms with Gasteiger partial charge in [-0.05, 0) is 30.3 Å². The van der Waals surface area contributed by atoms with E-state index in [4.69, 9.17) is 4.74 Å². The minimum absolute atomic E-state index is 0.0449. The van der Waals surface area contributed by atoms with Gasteiger partial charge in [0.15, 0.2) is 17.3 Å². The molecule has 0 aliphatic rings. The molecule has 1 aromatic carbocycles. The third-order valence-corrected chi connectivity index (χ3v) is 5.23. The molecule has 0 fully saturated rings. The van der Waals surface area contributed by atoms with Gasteiger partial charge in [0.2, 0.25) is 0 Å². The number of hydrogen-bond acceptors (Lipinski definition) is 6. The molecule has 0 saturated carbocycles. The highest BCUT2D eigenvalue weighted by atomic mass is 19.1. The molecule has 0 saturated heterocycles. The summed E-state index contributed by atoms with van der Waals surface area (Å²) >= 11 is 0. The van der Waals surface area contributed by atoms with E-state index in [1.54, 1.807) is 47.2 Å². The summed E-state index contributed by atoms with van der Waals surface area (Å²) in [7, 11) is 0. The van der Waals surface area contributed by atoms with E-state index in [0.29, 0.717) is 27.7 Å². The lowest BCUT2D eigenvalue weighted by Crippen LogP contribution is -2.13. The first kappa shape index (κ1) is 21.3. The molecule has 1 N–H and O–H groups in total. The van der Waals surface area contributed by atoms with Gasteiger partial charge in [-0.3, -0.25) is 9.59 Å². The van der Waals surface area contributed by atoms with Gasteiger partial charge in [-0.15, -0.1) is 0 Å². The molecule has 0 aliphatic heterocycles. The Bertz CT molecular complexity index is 1530. The predicted octanol–water partition coefficient (Wildman–Crippen LogP) is 3.70. The third-order valence-electron chi connectivity index (χ3n) is 5.23. The van der Waals surface area contributed by atoms with Crippen LogP contribution < -0.4 is 5.32 Å². The van der Waals surface area contributed by atoms with Crippen LogP contribution in [-0.2, 0) is 16.1 Å². The van der Waals surface area contributed by atoms with Crippen LogP contribution in [0.1, 0.15) is 17.3 Å². The number of anilines is 1. The van der Waals surface area contributed by atoms with Crippen molar-refractivity contribution < 1.29 is 18.7 Å². The topological polar surface area (TPSA) is 103 Å². The normalized spacial score (nSPS) is 11.1. The zero-order valence-corrected chi connectivity index (χ0v) is 18.1. The van der Waals surface area contributed by atoms with Crippen molar-refractivity contribution in [2.24, 2.45) is 0 Å². The van der Waals surface area contributed by atoms with E-state index < -0.39 is 11.8 Å². The standard InChI is InChI=1S/C24H19FN6O3/c1-15(32)34-12-11-31-23-17(22(29-31)28-24(33)16-7-3-2-4-8-16)13-19(25)21(27-23)18-14-26-30-10-6-5-9-20(18)30/h2-10,13-14H,11-12H2,1H3,(H,28,29,33). The molecule has 5 aromatic rings. The fourth-order valence-electron chi connectivity index (χ4n) is 3.67. The quantitative estimate of drug-likeness (QED) is 0.389. The van der Waals surface area contributed by atoms with E-state index in [0.717, 1.165) is 0 Å². The van der Waals surface area contributed by atoms with Gasteiger partial charge in [0, 0.05) is 24.2 Å². The highest BCUT2D eigenvalue weighted by Gasteiger charge is 2.21. The van der Waals surface area contributed by atoms with Gasteiger partial charge in [-0.2, -0.15) is 10.2 Å². The van der Waals surface area contributed by atoms with Gasteiger partial charge in [-0.1, -0.05) is 24.3 Å². The fraction of sp³-hybridized carbons (Fsp3) is 0.125. The molecule has 1 amide bonds. The van der Waals surface area contributed by atoms with Gasteiger partial charge in [0.25, 0.3) is 5.91 Å². The van der Waals surface area contributed by atoms with Gasteiger partial charge in [-0.25, -0.2) is 18.6 Å². The number of benzene rings is 1. The maximum Gasteiger partial charge on any atom is 0.302 e. The van der Waals surface area contributed by atoms with E-state index in [9.17, 15) is 9.59 Å². The van der Waals surface area contributed by atoms with Crippen molar-refractivity contribution >= 4 is 34.2 Å². The van der Waals surface area contributed by atoms with E-state index in [-0.39, 0.29) is 30.6 Å². The lowest BCUT2D eigenvalue weighted by Gasteiger charge is -2.05. The highest BCUT2D eigenvalue weighted by Crippen LogP contribution is 2.31. The Morgan fingerprint density at radius 1 is 1.12 bits per heavy atom. The smallest absolute Gasteiger partial charge is 0.302 e. The van der Waals surface area contributed by atoms with Crippen LogP contribution >= 0.6 is 0 Å². The number of fused-ring (bicyclic) bond motifs is 2. The number of halogens is 1. The zero-order chi connectivity index (χ0) is 23.7. The maximum atomic E-state index is 15.3. The molecule has 0 bridgehead atoms. The predicted molar refractivity (Wildman–Crippen MR) is 123 cm³/mol. The molecular weight excluding hydrogens is 439 g/mol. The van der Waals surface area contributed by atoms with Gasteiger partial charge in [0.1, 0.15) is 12.3 Å². The minimum atomic E-state index is -0.582. The average molecular weight is 458 g/mol. The molecule has 34 heavy (non-hydrogen) atoms. The van der Waals surface area contributed by atoms with Crippen LogP contribution in [0.3, 0.4) is 0 Å². The number of rotatable bonds is 6. The Labute approximate surface area is 192 Å².